The van der Waals surface area contributed by atoms with Crippen molar-refractivity contribution in [3.8, 4) is 0 Å². The molecule has 8 heavy (non-hydrogen) atoms. The number of nitrogens with one attached hydrogen (secondary N) is 1. The Hall–Kier alpha value is -0.300. The molecule has 1 N–H and O–H groups in total. The average Bonchev–Trinajstić information content (AvgIpc) is 2.49. The first kappa shape index (κ1) is 4.57. The van der Waals surface area contributed by atoms with Gasteiger partial charge in [-0.15, -0.1) is 0 Å². The van der Waals surface area contributed by atoms with Gasteiger partial charge in [-0.25, -0.2) is 0 Å². The molecule has 2 rings (SSSR count). The molecule has 1 aliphatic carbocycles. The normalized spacial score (nSPS) is 36.2. The molecular weight excluding hydrogens is 98.1 g/mol. The number of hydrogen-bond acceptors (Lipinski definition) is 1. The largest absolute Gasteiger partial charge is 0.313 e. The van der Waals surface area contributed by atoms with Crippen LogP contribution in [0, 0.1) is 5.92 Å². The molecule has 0 radical (unpaired) electrons. The fourth-order valence-corrected chi connectivity index (χ4v) is 1.37. The highest BCUT2D eigenvalue weighted by Gasteiger charge is 2.25. The van der Waals surface area contributed by atoms with Crippen LogP contribution in [-0.4, -0.2) is 12.6 Å². The minimum atomic E-state index is 0.815. The van der Waals surface area contributed by atoms with E-state index in [-0.39, 0.29) is 0 Å². The van der Waals surface area contributed by atoms with Gasteiger partial charge in [0.2, 0.25) is 0 Å². The monoisotopic (exact) mass is 109 g/mol. The molecule has 0 aromatic rings. The van der Waals surface area contributed by atoms with Gasteiger partial charge in [0.1, 0.15) is 0 Å². The van der Waals surface area contributed by atoms with Gasteiger partial charge in [0.25, 0.3) is 0 Å². The van der Waals surface area contributed by atoms with Gasteiger partial charge in [-0.3, -0.25) is 0 Å². The Balaban J connectivity index is 1.87. The second kappa shape index (κ2) is 1.59. The molecular formula is C7H11N. The molecule has 0 saturated carbocycles. The predicted molar refractivity (Wildman–Crippen MR) is 33.7 cm³/mol. The molecule has 0 spiro atoms. The number of rotatable bonds is 1. The van der Waals surface area contributed by atoms with Crippen molar-refractivity contribution in [1.82, 2.24) is 5.32 Å². The third kappa shape index (κ3) is 0.671. The van der Waals surface area contributed by atoms with E-state index in [0.29, 0.717) is 0 Å². The maximum Gasteiger partial charge on any atom is 0.0165 e. The molecule has 1 unspecified atom stereocenters. The molecule has 0 aromatic carbocycles. The van der Waals surface area contributed by atoms with Gasteiger partial charge in [0.15, 0.2) is 0 Å². The van der Waals surface area contributed by atoms with Crippen LogP contribution >= 0.6 is 0 Å². The summed E-state index contributed by atoms with van der Waals surface area (Å²) in [4.78, 5) is 0. The third-order valence-electron chi connectivity index (χ3n) is 1.98. The molecule has 0 bridgehead atoms. The van der Waals surface area contributed by atoms with Crippen molar-refractivity contribution in [3.63, 3.8) is 0 Å². The summed E-state index contributed by atoms with van der Waals surface area (Å²) in [6, 6.07) is 0.815. The van der Waals surface area contributed by atoms with Gasteiger partial charge >= 0.3 is 0 Å². The summed E-state index contributed by atoms with van der Waals surface area (Å²) in [5, 5.41) is 3.46. The second-order valence-corrected chi connectivity index (χ2v) is 2.67. The topological polar surface area (TPSA) is 12.0 Å². The summed E-state index contributed by atoms with van der Waals surface area (Å²) in [6.07, 6.45) is 7.33. The molecule has 2 aliphatic rings. The Kier molecular flexibility index (Phi) is 0.908. The van der Waals surface area contributed by atoms with Crippen molar-refractivity contribution in [2.75, 3.05) is 6.54 Å². The maximum absolute atomic E-state index is 3.46. The lowest BCUT2D eigenvalue weighted by atomic mass is 10.1. The molecule has 1 heteroatoms. The van der Waals surface area contributed by atoms with Gasteiger partial charge < -0.3 is 5.32 Å². The highest BCUT2D eigenvalue weighted by Crippen LogP contribution is 2.25. The van der Waals surface area contributed by atoms with Crippen molar-refractivity contribution in [2.24, 2.45) is 5.92 Å². The van der Waals surface area contributed by atoms with Crippen LogP contribution in [0.5, 0.6) is 0 Å². The first-order valence-corrected chi connectivity index (χ1v) is 3.38. The van der Waals surface area contributed by atoms with Gasteiger partial charge in [0, 0.05) is 12.0 Å². The van der Waals surface area contributed by atoms with Crippen molar-refractivity contribution in [1.29, 1.82) is 0 Å². The molecule has 0 aromatic heterocycles. The molecule has 1 nitrogen and oxygen atoms in total. The lowest BCUT2D eigenvalue weighted by Gasteiger charge is -2.05. The second-order valence-electron chi connectivity index (χ2n) is 2.67. The molecule has 1 heterocycles. The van der Waals surface area contributed by atoms with Crippen LogP contribution in [-0.2, 0) is 0 Å². The van der Waals surface area contributed by atoms with E-state index in [1.807, 2.05) is 0 Å². The first-order chi connectivity index (χ1) is 3.97. The van der Waals surface area contributed by atoms with E-state index >= 15 is 0 Å². The van der Waals surface area contributed by atoms with Crippen molar-refractivity contribution in [3.05, 3.63) is 12.2 Å². The quantitative estimate of drug-likeness (QED) is 0.494. The zero-order chi connectivity index (χ0) is 5.40. The molecule has 1 saturated heterocycles. The first-order valence-electron chi connectivity index (χ1n) is 3.38. The smallest absolute Gasteiger partial charge is 0.0165 e. The maximum atomic E-state index is 3.46. The Morgan fingerprint density at radius 3 is 2.75 bits per heavy atom. The van der Waals surface area contributed by atoms with Gasteiger partial charge in [-0.2, -0.15) is 0 Å². The summed E-state index contributed by atoms with van der Waals surface area (Å²) < 4.78 is 0. The zero-order valence-electron chi connectivity index (χ0n) is 4.93. The van der Waals surface area contributed by atoms with E-state index in [1.54, 1.807) is 0 Å². The molecule has 44 valence electrons. The summed E-state index contributed by atoms with van der Waals surface area (Å²) in [5.41, 5.74) is 0. The third-order valence-corrected chi connectivity index (χ3v) is 1.98. The van der Waals surface area contributed by atoms with E-state index in [4.69, 9.17) is 0 Å². The zero-order valence-corrected chi connectivity index (χ0v) is 4.93. The standard InChI is InChI=1S/C7H11N/c1-2-7(8-5-1)6-3-4-6/h3-4,6-8H,1-2,5H2. The highest BCUT2D eigenvalue weighted by atomic mass is 14.9. The summed E-state index contributed by atoms with van der Waals surface area (Å²) in [5.74, 6) is 0.831. The lowest BCUT2D eigenvalue weighted by molar-refractivity contribution is 0.568. The van der Waals surface area contributed by atoms with E-state index in [1.165, 1.54) is 19.4 Å². The minimum Gasteiger partial charge on any atom is -0.313 e. The Labute approximate surface area is 49.8 Å². The van der Waals surface area contributed by atoms with Gasteiger partial charge in [-0.05, 0) is 19.4 Å². The molecule has 1 fully saturated rings. The van der Waals surface area contributed by atoms with Crippen LogP contribution < -0.4 is 5.32 Å². The van der Waals surface area contributed by atoms with E-state index in [0.717, 1.165) is 12.0 Å². The summed E-state index contributed by atoms with van der Waals surface area (Å²) in [7, 11) is 0. The van der Waals surface area contributed by atoms with Crippen LogP contribution in [0.25, 0.3) is 0 Å². The van der Waals surface area contributed by atoms with Crippen LogP contribution in [0.4, 0.5) is 0 Å². The van der Waals surface area contributed by atoms with Gasteiger partial charge in [0.05, 0.1) is 0 Å². The van der Waals surface area contributed by atoms with E-state index < -0.39 is 0 Å². The van der Waals surface area contributed by atoms with Gasteiger partial charge in [-0.1, -0.05) is 12.2 Å². The van der Waals surface area contributed by atoms with Crippen molar-refractivity contribution in [2.45, 2.75) is 18.9 Å². The Morgan fingerprint density at radius 1 is 1.38 bits per heavy atom. The number of hydrogen-bond donors (Lipinski definition) is 1. The van der Waals surface area contributed by atoms with Crippen LogP contribution in [0.3, 0.4) is 0 Å². The average molecular weight is 109 g/mol. The SMILES string of the molecule is C1=CC1C1CCCN1. The fraction of sp³-hybridized carbons (Fsp3) is 0.714. The van der Waals surface area contributed by atoms with Crippen molar-refractivity contribution < 1.29 is 0 Å². The van der Waals surface area contributed by atoms with Crippen molar-refractivity contribution >= 4 is 0 Å². The predicted octanol–water partition coefficient (Wildman–Crippen LogP) is 0.924. The summed E-state index contributed by atoms with van der Waals surface area (Å²) in [6.45, 7) is 1.24. The Morgan fingerprint density at radius 2 is 2.25 bits per heavy atom. The lowest BCUT2D eigenvalue weighted by Crippen LogP contribution is -2.23. The van der Waals surface area contributed by atoms with Crippen LogP contribution in [0.1, 0.15) is 12.8 Å². The minimum absolute atomic E-state index is 0.815. The summed E-state index contributed by atoms with van der Waals surface area (Å²) >= 11 is 0. The fourth-order valence-electron chi connectivity index (χ4n) is 1.37. The van der Waals surface area contributed by atoms with Crippen LogP contribution in [0.15, 0.2) is 12.2 Å². The Bertz CT molecular complexity index is 106. The van der Waals surface area contributed by atoms with E-state index in [9.17, 15) is 0 Å². The molecule has 0 amide bonds. The van der Waals surface area contributed by atoms with Crippen LogP contribution in [0.2, 0.25) is 0 Å². The molecule has 1 aliphatic heterocycles. The van der Waals surface area contributed by atoms with E-state index in [2.05, 4.69) is 17.5 Å². The highest BCUT2D eigenvalue weighted by molar-refractivity contribution is 5.18. The molecule has 1 atom stereocenters.